The maximum Gasteiger partial charge on any atom is 0.326 e. The third kappa shape index (κ3) is 9.55. The highest BCUT2D eigenvalue weighted by Gasteiger charge is 2.31. The zero-order valence-electron chi connectivity index (χ0n) is 26.7. The summed E-state index contributed by atoms with van der Waals surface area (Å²) >= 11 is 0. The Morgan fingerprint density at radius 3 is 1.63 bits per heavy atom. The Kier molecular flexibility index (Phi) is 11.4. The number of carbonyl (C=O) groups is 4. The molecular formula is C38H39N5O6. The fraction of sp³-hybridized carbons (Fsp3) is 0.211. The van der Waals surface area contributed by atoms with Gasteiger partial charge in [0.2, 0.25) is 17.7 Å². The van der Waals surface area contributed by atoms with Crippen LogP contribution in [0.1, 0.15) is 22.3 Å². The number of aromatic nitrogens is 1. The van der Waals surface area contributed by atoms with E-state index in [1.807, 2.05) is 36.4 Å². The summed E-state index contributed by atoms with van der Waals surface area (Å²) in [6, 6.07) is 27.2. The third-order valence-corrected chi connectivity index (χ3v) is 8.27. The minimum atomic E-state index is -1.25. The van der Waals surface area contributed by atoms with Crippen molar-refractivity contribution in [1.82, 2.24) is 20.9 Å². The molecule has 3 amide bonds. The van der Waals surface area contributed by atoms with E-state index < -0.39 is 47.9 Å². The van der Waals surface area contributed by atoms with Gasteiger partial charge in [-0.3, -0.25) is 14.4 Å². The predicted octanol–water partition coefficient (Wildman–Crippen LogP) is 3.01. The molecule has 0 fully saturated rings. The normalized spacial score (nSPS) is 13.5. The van der Waals surface area contributed by atoms with Crippen LogP contribution in [0.3, 0.4) is 0 Å². The van der Waals surface area contributed by atoms with Crippen molar-refractivity contribution in [1.29, 1.82) is 0 Å². The highest BCUT2D eigenvalue weighted by molar-refractivity contribution is 5.94. The van der Waals surface area contributed by atoms with Gasteiger partial charge in [0.05, 0.1) is 6.04 Å². The second kappa shape index (κ2) is 16.2. The maximum atomic E-state index is 14.0. The molecule has 11 heteroatoms. The summed E-state index contributed by atoms with van der Waals surface area (Å²) in [6.45, 7) is 0. The number of hydrogen-bond acceptors (Lipinski definition) is 6. The molecule has 1 heterocycles. The van der Waals surface area contributed by atoms with Gasteiger partial charge in [0, 0.05) is 36.4 Å². The monoisotopic (exact) mass is 661 g/mol. The molecule has 0 aliphatic rings. The Hall–Kier alpha value is -5.94. The number of aromatic amines is 1. The van der Waals surface area contributed by atoms with Gasteiger partial charge in [0.25, 0.3) is 0 Å². The van der Waals surface area contributed by atoms with Crippen molar-refractivity contribution in [3.63, 3.8) is 0 Å². The highest BCUT2D eigenvalue weighted by Crippen LogP contribution is 2.19. The van der Waals surface area contributed by atoms with Gasteiger partial charge in [-0.05, 0) is 46.9 Å². The van der Waals surface area contributed by atoms with E-state index in [0.717, 1.165) is 27.6 Å². The molecule has 4 atom stereocenters. The molecule has 5 rings (SSSR count). The van der Waals surface area contributed by atoms with Crippen LogP contribution in [0.15, 0.2) is 115 Å². The van der Waals surface area contributed by atoms with Crippen molar-refractivity contribution in [2.45, 2.75) is 49.9 Å². The first-order valence-electron chi connectivity index (χ1n) is 16.0. The number of amides is 3. The molecule has 4 unspecified atom stereocenters. The Bertz CT molecular complexity index is 1880. The first-order chi connectivity index (χ1) is 23.7. The van der Waals surface area contributed by atoms with Crippen molar-refractivity contribution in [3.8, 4) is 5.75 Å². The molecule has 252 valence electrons. The molecule has 0 bridgehead atoms. The standard InChI is InChI=1S/C38H39N5O6/c39-30(22-27-23-40-31-14-8-7-13-29(27)31)35(45)41-32(20-26-15-17-28(44)18-16-26)36(46)42-33(19-24-9-3-1-4-10-24)37(47)43-34(38(48)49)21-25-11-5-2-6-12-25/h1-18,23,30,32-34,40,44H,19-22,39H2,(H,41,45)(H,42,46)(H,43,47)(H,48,49). The van der Waals surface area contributed by atoms with Crippen LogP contribution in [-0.4, -0.2) is 63.1 Å². The van der Waals surface area contributed by atoms with E-state index >= 15 is 0 Å². The SMILES string of the molecule is NC(Cc1c[nH]c2ccccc12)C(=O)NC(Cc1ccc(O)cc1)C(=O)NC(Cc1ccccc1)C(=O)NC(Cc1ccccc1)C(=O)O. The lowest BCUT2D eigenvalue weighted by molar-refractivity contribution is -0.142. The van der Waals surface area contributed by atoms with Gasteiger partial charge in [0.1, 0.15) is 23.9 Å². The second-order valence-corrected chi connectivity index (χ2v) is 11.9. The molecule has 1 aromatic heterocycles. The van der Waals surface area contributed by atoms with E-state index in [1.54, 1.807) is 66.9 Å². The van der Waals surface area contributed by atoms with Crippen LogP contribution >= 0.6 is 0 Å². The minimum Gasteiger partial charge on any atom is -0.508 e. The molecule has 0 saturated carbocycles. The lowest BCUT2D eigenvalue weighted by atomic mass is 10.0. The molecule has 4 aromatic carbocycles. The molecular weight excluding hydrogens is 622 g/mol. The summed E-state index contributed by atoms with van der Waals surface area (Å²) in [6.07, 6.45) is 2.15. The van der Waals surface area contributed by atoms with Crippen molar-refractivity contribution in [2.75, 3.05) is 0 Å². The summed E-state index contributed by atoms with van der Waals surface area (Å²) in [5, 5.41) is 28.8. The van der Waals surface area contributed by atoms with Crippen LogP contribution in [0.2, 0.25) is 0 Å². The van der Waals surface area contributed by atoms with Crippen LogP contribution < -0.4 is 21.7 Å². The Morgan fingerprint density at radius 1 is 0.592 bits per heavy atom. The molecule has 0 radical (unpaired) electrons. The lowest BCUT2D eigenvalue weighted by Crippen LogP contribution is -2.58. The molecule has 8 N–H and O–H groups in total. The number of benzene rings is 4. The number of fused-ring (bicyclic) bond motifs is 1. The second-order valence-electron chi connectivity index (χ2n) is 11.9. The van der Waals surface area contributed by atoms with Crippen molar-refractivity contribution in [2.24, 2.45) is 5.73 Å². The third-order valence-electron chi connectivity index (χ3n) is 8.27. The summed E-state index contributed by atoms with van der Waals surface area (Å²) < 4.78 is 0. The molecule has 11 nitrogen and oxygen atoms in total. The smallest absolute Gasteiger partial charge is 0.326 e. The Balaban J connectivity index is 1.35. The number of phenolic OH excluding ortho intramolecular Hbond substituents is 1. The highest BCUT2D eigenvalue weighted by atomic mass is 16.4. The number of aromatic hydroxyl groups is 1. The quantitative estimate of drug-likeness (QED) is 0.0899. The fourth-order valence-corrected chi connectivity index (χ4v) is 5.64. The zero-order valence-corrected chi connectivity index (χ0v) is 26.7. The van der Waals surface area contributed by atoms with Crippen LogP contribution in [0.25, 0.3) is 10.9 Å². The molecule has 0 spiro atoms. The van der Waals surface area contributed by atoms with Crippen molar-refractivity contribution < 1.29 is 29.4 Å². The van der Waals surface area contributed by atoms with Crippen LogP contribution in [0.5, 0.6) is 5.75 Å². The van der Waals surface area contributed by atoms with Crippen LogP contribution in [-0.2, 0) is 44.9 Å². The summed E-state index contributed by atoms with van der Waals surface area (Å²) in [5.41, 5.74) is 10.2. The van der Waals surface area contributed by atoms with E-state index in [-0.39, 0.29) is 31.4 Å². The summed E-state index contributed by atoms with van der Waals surface area (Å²) in [7, 11) is 0. The number of aliphatic carboxylic acids is 1. The molecule has 0 saturated heterocycles. The van der Waals surface area contributed by atoms with Crippen LogP contribution in [0.4, 0.5) is 0 Å². The number of H-pyrrole nitrogens is 1. The Morgan fingerprint density at radius 2 is 1.06 bits per heavy atom. The van der Waals surface area contributed by atoms with Gasteiger partial charge in [0.15, 0.2) is 0 Å². The number of carboxylic acid groups (broad SMARTS) is 1. The number of hydrogen-bond donors (Lipinski definition) is 7. The van der Waals surface area contributed by atoms with Gasteiger partial charge in [-0.15, -0.1) is 0 Å². The number of nitrogens with one attached hydrogen (secondary N) is 4. The van der Waals surface area contributed by atoms with E-state index in [0.29, 0.717) is 5.56 Å². The van der Waals surface area contributed by atoms with Crippen molar-refractivity contribution in [3.05, 3.63) is 138 Å². The lowest BCUT2D eigenvalue weighted by Gasteiger charge is -2.25. The zero-order chi connectivity index (χ0) is 34.8. The minimum absolute atomic E-state index is 0.0308. The number of phenols is 1. The predicted molar refractivity (Wildman–Crippen MR) is 186 cm³/mol. The van der Waals surface area contributed by atoms with Crippen LogP contribution in [0, 0.1) is 0 Å². The van der Waals surface area contributed by atoms with Gasteiger partial charge >= 0.3 is 5.97 Å². The Labute approximate surface area is 283 Å². The fourth-order valence-electron chi connectivity index (χ4n) is 5.64. The summed E-state index contributed by atoms with van der Waals surface area (Å²) in [5.74, 6) is -3.10. The molecule has 0 aliphatic heterocycles. The number of para-hydroxylation sites is 1. The number of rotatable bonds is 15. The number of carboxylic acids is 1. The maximum absolute atomic E-state index is 14.0. The summed E-state index contributed by atoms with van der Waals surface area (Å²) in [4.78, 5) is 56.5. The van der Waals surface area contributed by atoms with E-state index in [4.69, 9.17) is 5.73 Å². The van der Waals surface area contributed by atoms with Gasteiger partial charge < -0.3 is 36.9 Å². The molecule has 5 aromatic rings. The molecule has 49 heavy (non-hydrogen) atoms. The van der Waals surface area contributed by atoms with Gasteiger partial charge in [-0.2, -0.15) is 0 Å². The van der Waals surface area contributed by atoms with Gasteiger partial charge in [-0.25, -0.2) is 4.79 Å². The largest absolute Gasteiger partial charge is 0.508 e. The van der Waals surface area contributed by atoms with E-state index in [1.165, 1.54) is 12.1 Å². The average molecular weight is 662 g/mol. The number of carbonyl (C=O) groups excluding carboxylic acids is 3. The van der Waals surface area contributed by atoms with Crippen molar-refractivity contribution >= 4 is 34.6 Å². The first kappa shape index (κ1) is 34.4. The van der Waals surface area contributed by atoms with E-state index in [2.05, 4.69) is 20.9 Å². The topological polar surface area (TPSA) is 187 Å². The number of nitrogens with two attached hydrogens (primary N) is 1. The first-order valence-corrected chi connectivity index (χ1v) is 16.0. The average Bonchev–Trinajstić information content (AvgIpc) is 3.51. The van der Waals surface area contributed by atoms with Gasteiger partial charge in [-0.1, -0.05) is 91.0 Å². The molecule has 0 aliphatic carbocycles. The van der Waals surface area contributed by atoms with E-state index in [9.17, 15) is 29.4 Å².